The fourth-order valence-electron chi connectivity index (χ4n) is 2.52. The lowest BCUT2D eigenvalue weighted by atomic mass is 10.2. The lowest BCUT2D eigenvalue weighted by Gasteiger charge is -2.20. The van der Waals surface area contributed by atoms with E-state index in [9.17, 15) is 13.2 Å². The van der Waals surface area contributed by atoms with Gasteiger partial charge in [0.15, 0.2) is 0 Å². The Hall–Kier alpha value is -1.06. The molecule has 1 aliphatic rings. The van der Waals surface area contributed by atoms with Crippen LogP contribution in [0.2, 0.25) is 0 Å². The first-order valence-corrected chi connectivity index (χ1v) is 10.2. The molecular weight excluding hydrogens is 324 g/mol. The number of sulfonamides is 1. The average molecular weight is 346 g/mol. The molecule has 22 heavy (non-hydrogen) atoms. The molecule has 1 aromatic rings. The Kier molecular flexibility index (Phi) is 5.87. The van der Waals surface area contributed by atoms with Gasteiger partial charge in [0.1, 0.15) is 11.0 Å². The van der Waals surface area contributed by atoms with Gasteiger partial charge in [0.25, 0.3) is 0 Å². The predicted molar refractivity (Wildman–Crippen MR) is 86.3 cm³/mol. The molecule has 1 atom stereocenters. The van der Waals surface area contributed by atoms with Crippen molar-refractivity contribution in [3.05, 3.63) is 5.01 Å². The number of amides is 1. The lowest BCUT2D eigenvalue weighted by Crippen LogP contribution is -2.42. The second kappa shape index (κ2) is 7.47. The molecule has 1 amide bonds. The number of aryl methyl sites for hydroxylation is 1. The van der Waals surface area contributed by atoms with Crippen LogP contribution >= 0.6 is 11.3 Å². The predicted octanol–water partition coefficient (Wildman–Crippen LogP) is 1.63. The van der Waals surface area contributed by atoms with E-state index >= 15 is 0 Å². The van der Waals surface area contributed by atoms with E-state index in [1.165, 1.54) is 15.6 Å². The smallest absolute Gasteiger partial charge is 0.244 e. The first-order valence-electron chi connectivity index (χ1n) is 7.52. The lowest BCUT2D eigenvalue weighted by molar-refractivity contribution is -0.119. The van der Waals surface area contributed by atoms with Gasteiger partial charge in [-0.05, 0) is 19.3 Å². The fraction of sp³-hybridized carbons (Fsp3) is 0.769. The van der Waals surface area contributed by atoms with Gasteiger partial charge in [0.2, 0.25) is 21.1 Å². The van der Waals surface area contributed by atoms with Crippen LogP contribution < -0.4 is 5.32 Å². The van der Waals surface area contributed by atoms with Crippen LogP contribution in [0.4, 0.5) is 5.13 Å². The Bertz CT molecular complexity index is 615. The van der Waals surface area contributed by atoms with Crippen molar-refractivity contribution in [3.8, 4) is 0 Å². The van der Waals surface area contributed by atoms with Crippen LogP contribution in [0.1, 0.15) is 44.0 Å². The molecule has 1 unspecified atom stereocenters. The molecule has 0 saturated carbocycles. The third-order valence-electron chi connectivity index (χ3n) is 3.62. The molecule has 0 bridgehead atoms. The molecule has 7 nitrogen and oxygen atoms in total. The van der Waals surface area contributed by atoms with Gasteiger partial charge in [-0.1, -0.05) is 31.1 Å². The maximum absolute atomic E-state index is 12.3. The average Bonchev–Trinajstić information content (AvgIpc) is 3.07. The fourth-order valence-corrected chi connectivity index (χ4v) is 4.43. The van der Waals surface area contributed by atoms with E-state index in [-0.39, 0.29) is 5.91 Å². The summed E-state index contributed by atoms with van der Waals surface area (Å²) < 4.78 is 24.6. The molecule has 1 aliphatic heterocycles. The summed E-state index contributed by atoms with van der Waals surface area (Å²) in [7, 11) is -3.36. The number of anilines is 1. The van der Waals surface area contributed by atoms with Crippen molar-refractivity contribution < 1.29 is 13.2 Å². The zero-order chi connectivity index (χ0) is 16.2. The molecule has 1 aromatic heterocycles. The van der Waals surface area contributed by atoms with E-state index in [0.717, 1.165) is 36.9 Å². The van der Waals surface area contributed by atoms with Crippen molar-refractivity contribution in [1.29, 1.82) is 0 Å². The minimum absolute atomic E-state index is 0.320. The minimum Gasteiger partial charge on any atom is -0.299 e. The third-order valence-corrected chi connectivity index (χ3v) is 5.81. The summed E-state index contributed by atoms with van der Waals surface area (Å²) in [5, 5.41) is 12.1. The van der Waals surface area contributed by atoms with Crippen LogP contribution in [0, 0.1) is 0 Å². The third kappa shape index (κ3) is 4.47. The van der Waals surface area contributed by atoms with Crippen molar-refractivity contribution in [1.82, 2.24) is 14.5 Å². The molecule has 2 rings (SSSR count). The van der Waals surface area contributed by atoms with Crippen molar-refractivity contribution in [3.63, 3.8) is 0 Å². The number of rotatable bonds is 7. The van der Waals surface area contributed by atoms with Gasteiger partial charge < -0.3 is 0 Å². The van der Waals surface area contributed by atoms with Gasteiger partial charge in [0, 0.05) is 13.0 Å². The number of hydrogen-bond donors (Lipinski definition) is 1. The van der Waals surface area contributed by atoms with Crippen molar-refractivity contribution >= 4 is 32.4 Å². The highest BCUT2D eigenvalue weighted by Gasteiger charge is 2.36. The first kappa shape index (κ1) is 17.3. The highest BCUT2D eigenvalue weighted by molar-refractivity contribution is 7.88. The summed E-state index contributed by atoms with van der Waals surface area (Å²) in [6.45, 7) is 2.54. The van der Waals surface area contributed by atoms with E-state index in [2.05, 4.69) is 22.4 Å². The number of carbonyl (C=O) groups is 1. The van der Waals surface area contributed by atoms with Gasteiger partial charge in [-0.15, -0.1) is 10.2 Å². The normalized spacial score (nSPS) is 19.5. The molecule has 1 fully saturated rings. The van der Waals surface area contributed by atoms with Crippen molar-refractivity contribution in [2.24, 2.45) is 0 Å². The largest absolute Gasteiger partial charge is 0.299 e. The SMILES string of the molecule is CCCCCc1nnc(NC(=O)C2CCCN2S(C)(=O)=O)s1. The highest BCUT2D eigenvalue weighted by atomic mass is 32.2. The Balaban J connectivity index is 1.94. The number of unbranched alkanes of at least 4 members (excludes halogenated alkanes) is 2. The van der Waals surface area contributed by atoms with Gasteiger partial charge in [0.05, 0.1) is 6.26 Å². The van der Waals surface area contributed by atoms with E-state index < -0.39 is 16.1 Å². The topological polar surface area (TPSA) is 92.3 Å². The van der Waals surface area contributed by atoms with Crippen LogP contribution in [0.25, 0.3) is 0 Å². The van der Waals surface area contributed by atoms with E-state index in [1.54, 1.807) is 0 Å². The van der Waals surface area contributed by atoms with Gasteiger partial charge >= 0.3 is 0 Å². The summed E-state index contributed by atoms with van der Waals surface area (Å²) in [4.78, 5) is 12.3. The summed E-state index contributed by atoms with van der Waals surface area (Å²) in [6.07, 6.45) is 6.59. The molecule has 2 heterocycles. The first-order chi connectivity index (χ1) is 10.4. The highest BCUT2D eigenvalue weighted by Crippen LogP contribution is 2.23. The Morgan fingerprint density at radius 2 is 2.18 bits per heavy atom. The molecule has 0 radical (unpaired) electrons. The van der Waals surface area contributed by atoms with Gasteiger partial charge in [-0.25, -0.2) is 8.42 Å². The Morgan fingerprint density at radius 1 is 1.41 bits per heavy atom. The maximum atomic E-state index is 12.3. The summed E-state index contributed by atoms with van der Waals surface area (Å²) in [6, 6.07) is -0.637. The Labute approximate surface area is 135 Å². The molecule has 1 N–H and O–H groups in total. The minimum atomic E-state index is -3.36. The second-order valence-electron chi connectivity index (χ2n) is 5.48. The summed E-state index contributed by atoms with van der Waals surface area (Å²) in [5.74, 6) is -0.320. The van der Waals surface area contributed by atoms with Crippen LogP contribution in [0.5, 0.6) is 0 Å². The van der Waals surface area contributed by atoms with Crippen LogP contribution in [-0.2, 0) is 21.2 Å². The number of carbonyl (C=O) groups excluding carboxylic acids is 1. The van der Waals surface area contributed by atoms with Crippen LogP contribution in [0.3, 0.4) is 0 Å². The molecule has 0 aliphatic carbocycles. The standard InChI is InChI=1S/C13H22N4O3S2/c1-3-4-5-8-11-15-16-13(21-11)14-12(18)10-7-6-9-17(10)22(2,19)20/h10H,3-9H2,1-2H3,(H,14,16,18). The van der Waals surface area contributed by atoms with Gasteiger partial charge in [-0.2, -0.15) is 4.31 Å². The van der Waals surface area contributed by atoms with E-state index in [0.29, 0.717) is 24.5 Å². The number of nitrogens with one attached hydrogen (secondary N) is 1. The molecule has 0 spiro atoms. The van der Waals surface area contributed by atoms with Crippen LogP contribution in [-0.4, -0.2) is 47.7 Å². The maximum Gasteiger partial charge on any atom is 0.244 e. The molecular formula is C13H22N4O3S2. The monoisotopic (exact) mass is 346 g/mol. The molecule has 0 aromatic carbocycles. The van der Waals surface area contributed by atoms with Crippen molar-refractivity contribution in [2.45, 2.75) is 51.5 Å². The summed E-state index contributed by atoms with van der Waals surface area (Å²) >= 11 is 1.36. The van der Waals surface area contributed by atoms with Gasteiger partial charge in [-0.3, -0.25) is 10.1 Å². The van der Waals surface area contributed by atoms with E-state index in [4.69, 9.17) is 0 Å². The number of hydrogen-bond acceptors (Lipinski definition) is 6. The zero-order valence-corrected chi connectivity index (χ0v) is 14.5. The second-order valence-corrected chi connectivity index (χ2v) is 8.48. The summed E-state index contributed by atoms with van der Waals surface area (Å²) in [5.41, 5.74) is 0. The quantitative estimate of drug-likeness (QED) is 0.758. The number of nitrogens with zero attached hydrogens (tertiary/aromatic N) is 3. The van der Waals surface area contributed by atoms with Crippen molar-refractivity contribution in [2.75, 3.05) is 18.1 Å². The van der Waals surface area contributed by atoms with E-state index in [1.807, 2.05) is 0 Å². The molecule has 124 valence electrons. The molecule has 9 heteroatoms. The Morgan fingerprint density at radius 3 is 2.86 bits per heavy atom. The molecule has 1 saturated heterocycles. The number of aromatic nitrogens is 2. The van der Waals surface area contributed by atoms with Crippen LogP contribution in [0.15, 0.2) is 0 Å². The zero-order valence-electron chi connectivity index (χ0n) is 12.9.